The summed E-state index contributed by atoms with van der Waals surface area (Å²) < 4.78 is 15.7. The Morgan fingerprint density at radius 1 is 0.694 bits per heavy atom. The lowest BCUT2D eigenvalue weighted by Crippen LogP contribution is -2.55. The standard InChI is InChI=1S/C27H48O9/c1-3-5-7-9-11-12-14-16-18-27(23(30)17-15-13-10-8-6-4-2)26(33)35-21(19-28)24(31)34-22(20-29)25(32)36-27/h21-23,28-30H,3-20H2,1-2H3. The van der Waals surface area contributed by atoms with Crippen molar-refractivity contribution in [3.63, 3.8) is 0 Å². The first-order chi connectivity index (χ1) is 17.4. The van der Waals surface area contributed by atoms with Crippen LogP contribution in [0.5, 0.6) is 0 Å². The van der Waals surface area contributed by atoms with Crippen LogP contribution in [0.1, 0.15) is 117 Å². The third-order valence-corrected chi connectivity index (χ3v) is 6.76. The number of aliphatic hydroxyl groups is 3. The number of cyclic esters (lactones) is 3. The topological polar surface area (TPSA) is 140 Å². The summed E-state index contributed by atoms with van der Waals surface area (Å²) in [6, 6.07) is 0. The van der Waals surface area contributed by atoms with Gasteiger partial charge in [-0.3, -0.25) is 0 Å². The molecule has 36 heavy (non-hydrogen) atoms. The zero-order chi connectivity index (χ0) is 26.8. The van der Waals surface area contributed by atoms with Crippen molar-refractivity contribution in [3.05, 3.63) is 0 Å². The van der Waals surface area contributed by atoms with Crippen LogP contribution in [0.4, 0.5) is 0 Å². The molecular formula is C27H48O9. The van der Waals surface area contributed by atoms with Gasteiger partial charge in [-0.05, 0) is 12.8 Å². The van der Waals surface area contributed by atoms with Gasteiger partial charge >= 0.3 is 17.9 Å². The highest BCUT2D eigenvalue weighted by atomic mass is 16.7. The van der Waals surface area contributed by atoms with Crippen LogP contribution < -0.4 is 0 Å². The minimum atomic E-state index is -2.04. The molecule has 3 N–H and O–H groups in total. The van der Waals surface area contributed by atoms with E-state index in [0.717, 1.165) is 57.8 Å². The molecule has 0 spiro atoms. The fraction of sp³-hybridized carbons (Fsp3) is 0.889. The molecule has 1 heterocycles. The van der Waals surface area contributed by atoms with E-state index in [1.807, 2.05) is 0 Å². The largest absolute Gasteiger partial charge is 0.445 e. The number of esters is 3. The minimum Gasteiger partial charge on any atom is -0.445 e. The maximum Gasteiger partial charge on any atom is 0.354 e. The number of carbonyl (C=O) groups is 3. The van der Waals surface area contributed by atoms with Gasteiger partial charge in [-0.25, -0.2) is 14.4 Å². The molecule has 0 aromatic rings. The van der Waals surface area contributed by atoms with Crippen molar-refractivity contribution < 1.29 is 43.9 Å². The molecule has 1 aliphatic heterocycles. The Bertz CT molecular complexity index is 637. The van der Waals surface area contributed by atoms with E-state index in [4.69, 9.17) is 14.2 Å². The predicted molar refractivity (Wildman–Crippen MR) is 134 cm³/mol. The van der Waals surface area contributed by atoms with Gasteiger partial charge in [0.2, 0.25) is 17.8 Å². The van der Waals surface area contributed by atoms with Gasteiger partial charge in [-0.15, -0.1) is 0 Å². The smallest absolute Gasteiger partial charge is 0.354 e. The van der Waals surface area contributed by atoms with Crippen LogP contribution in [0.2, 0.25) is 0 Å². The first-order valence-electron chi connectivity index (χ1n) is 13.9. The van der Waals surface area contributed by atoms with Crippen LogP contribution in [-0.2, 0) is 28.6 Å². The molecule has 1 rings (SSSR count). The molecule has 1 fully saturated rings. The zero-order valence-corrected chi connectivity index (χ0v) is 22.3. The average molecular weight is 517 g/mol. The van der Waals surface area contributed by atoms with Crippen LogP contribution in [0, 0.1) is 0 Å². The van der Waals surface area contributed by atoms with Gasteiger partial charge in [0.1, 0.15) is 6.10 Å². The molecule has 0 radical (unpaired) electrons. The van der Waals surface area contributed by atoms with Gasteiger partial charge in [0.05, 0.1) is 13.2 Å². The molecule has 210 valence electrons. The fourth-order valence-electron chi connectivity index (χ4n) is 4.45. The molecule has 0 aliphatic carbocycles. The molecule has 4 atom stereocenters. The van der Waals surface area contributed by atoms with Crippen LogP contribution in [0.15, 0.2) is 0 Å². The highest BCUT2D eigenvalue weighted by molar-refractivity contribution is 5.90. The van der Waals surface area contributed by atoms with Gasteiger partial charge in [0.15, 0.2) is 0 Å². The van der Waals surface area contributed by atoms with Crippen molar-refractivity contribution in [2.45, 2.75) is 140 Å². The molecule has 0 aromatic heterocycles. The van der Waals surface area contributed by atoms with E-state index in [1.54, 1.807) is 0 Å². The lowest BCUT2D eigenvalue weighted by atomic mass is 9.86. The Labute approximate surface area is 215 Å². The van der Waals surface area contributed by atoms with Gasteiger partial charge in [0.25, 0.3) is 0 Å². The molecule has 9 heteroatoms. The summed E-state index contributed by atoms with van der Waals surface area (Å²) >= 11 is 0. The van der Waals surface area contributed by atoms with Crippen LogP contribution in [0.3, 0.4) is 0 Å². The summed E-state index contributed by atoms with van der Waals surface area (Å²) in [7, 11) is 0. The molecular weight excluding hydrogens is 468 g/mol. The van der Waals surface area contributed by atoms with Crippen molar-refractivity contribution in [1.82, 2.24) is 0 Å². The summed E-state index contributed by atoms with van der Waals surface area (Å²) in [6.45, 7) is 2.56. The van der Waals surface area contributed by atoms with Crippen molar-refractivity contribution in [1.29, 1.82) is 0 Å². The lowest BCUT2D eigenvalue weighted by Gasteiger charge is -2.35. The van der Waals surface area contributed by atoms with E-state index in [9.17, 15) is 29.7 Å². The van der Waals surface area contributed by atoms with Gasteiger partial charge in [0, 0.05) is 6.42 Å². The molecule has 0 bridgehead atoms. The normalized spacial score (nSPS) is 23.8. The Hall–Kier alpha value is -1.71. The third kappa shape index (κ3) is 10.7. The summed E-state index contributed by atoms with van der Waals surface area (Å²) in [6.07, 6.45) is 9.24. The van der Waals surface area contributed by atoms with Crippen molar-refractivity contribution in [3.8, 4) is 0 Å². The highest BCUT2D eigenvalue weighted by Gasteiger charge is 2.53. The molecule has 9 nitrogen and oxygen atoms in total. The maximum absolute atomic E-state index is 13.3. The average Bonchev–Trinajstić information content (AvgIpc) is 2.90. The molecule has 1 saturated heterocycles. The van der Waals surface area contributed by atoms with E-state index in [-0.39, 0.29) is 12.8 Å². The quantitative estimate of drug-likeness (QED) is 0.133. The Balaban J connectivity index is 3.01. The van der Waals surface area contributed by atoms with E-state index < -0.39 is 55.0 Å². The number of unbranched alkanes of at least 4 members (excludes halogenated alkanes) is 12. The number of carbonyl (C=O) groups excluding carboxylic acids is 3. The predicted octanol–water partition coefficient (Wildman–Crippen LogP) is 3.73. The maximum atomic E-state index is 13.3. The van der Waals surface area contributed by atoms with E-state index in [2.05, 4.69) is 13.8 Å². The van der Waals surface area contributed by atoms with Crippen LogP contribution >= 0.6 is 0 Å². The fourth-order valence-corrected chi connectivity index (χ4v) is 4.45. The van der Waals surface area contributed by atoms with Gasteiger partial charge in [-0.1, -0.05) is 97.3 Å². The summed E-state index contributed by atoms with van der Waals surface area (Å²) in [5.41, 5.74) is -2.04. The van der Waals surface area contributed by atoms with Crippen molar-refractivity contribution in [2.24, 2.45) is 0 Å². The third-order valence-electron chi connectivity index (χ3n) is 6.76. The summed E-state index contributed by atoms with van der Waals surface area (Å²) in [5, 5.41) is 30.3. The summed E-state index contributed by atoms with van der Waals surface area (Å²) in [5.74, 6) is -3.36. The Kier molecular flexibility index (Phi) is 16.6. The number of rotatable bonds is 19. The lowest BCUT2D eigenvalue weighted by molar-refractivity contribution is -0.203. The Morgan fingerprint density at radius 3 is 1.69 bits per heavy atom. The number of aliphatic hydroxyl groups excluding tert-OH is 3. The first-order valence-corrected chi connectivity index (χ1v) is 13.9. The number of ether oxygens (including phenoxy) is 3. The molecule has 0 amide bonds. The van der Waals surface area contributed by atoms with E-state index in [0.29, 0.717) is 12.8 Å². The minimum absolute atomic E-state index is 0.00796. The van der Waals surface area contributed by atoms with E-state index in [1.165, 1.54) is 19.3 Å². The van der Waals surface area contributed by atoms with Crippen molar-refractivity contribution in [2.75, 3.05) is 13.2 Å². The van der Waals surface area contributed by atoms with Crippen molar-refractivity contribution >= 4 is 17.9 Å². The summed E-state index contributed by atoms with van der Waals surface area (Å²) in [4.78, 5) is 38.4. The zero-order valence-electron chi connectivity index (χ0n) is 22.3. The second-order valence-electron chi connectivity index (χ2n) is 9.79. The van der Waals surface area contributed by atoms with Gasteiger partial charge in [-0.2, -0.15) is 0 Å². The van der Waals surface area contributed by atoms with E-state index >= 15 is 0 Å². The first kappa shape index (κ1) is 32.3. The second kappa shape index (κ2) is 18.5. The van der Waals surface area contributed by atoms with Crippen LogP contribution in [0.25, 0.3) is 0 Å². The Morgan fingerprint density at radius 2 is 1.17 bits per heavy atom. The molecule has 0 saturated carbocycles. The number of hydrogen-bond donors (Lipinski definition) is 3. The molecule has 1 aliphatic rings. The molecule has 4 unspecified atom stereocenters. The number of hydrogen-bond acceptors (Lipinski definition) is 9. The SMILES string of the molecule is CCCCCCCCCCC1(C(O)CCCCCCCC)OC(=O)C(CO)OC(=O)C(CO)OC1=O. The molecule has 0 aromatic carbocycles. The highest BCUT2D eigenvalue weighted by Crippen LogP contribution is 2.32. The van der Waals surface area contributed by atoms with Gasteiger partial charge < -0.3 is 29.5 Å². The second-order valence-corrected chi connectivity index (χ2v) is 9.79. The monoisotopic (exact) mass is 516 g/mol. The van der Waals surface area contributed by atoms with Crippen LogP contribution in [-0.4, -0.2) is 70.4 Å².